The Morgan fingerprint density at radius 1 is 1.00 bits per heavy atom. The van der Waals surface area contributed by atoms with Gasteiger partial charge in [-0.3, -0.25) is 4.90 Å². The van der Waals surface area contributed by atoms with Gasteiger partial charge in [0.1, 0.15) is 12.1 Å². The van der Waals surface area contributed by atoms with Gasteiger partial charge in [0.25, 0.3) is 0 Å². The maximum Gasteiger partial charge on any atom is 0.352 e. The number of fused-ring (bicyclic) bond motifs is 3. The van der Waals surface area contributed by atoms with Crippen molar-refractivity contribution in [2.24, 2.45) is 0 Å². The third-order valence-electron chi connectivity index (χ3n) is 5.47. The molecule has 0 unspecified atom stereocenters. The van der Waals surface area contributed by atoms with Crippen LogP contribution in [0.2, 0.25) is 0 Å². The first-order valence-electron chi connectivity index (χ1n) is 9.67. The van der Waals surface area contributed by atoms with Gasteiger partial charge in [-0.15, -0.1) is 5.10 Å². The monoisotopic (exact) mass is 390 g/mol. The molecule has 148 valence electrons. The highest BCUT2D eigenvalue weighted by Crippen LogP contribution is 2.20. The standard InChI is InChI=1S/C21H22N6O2/c1-29-17-8-6-16(7-9-17)25-12-10-24(11-13-25)15-27-21(28)26-14-22-19-5-3-2-4-18(19)20(26)23-27/h2-9,14H,10-13,15H2,1H3. The quantitative estimate of drug-likeness (QED) is 0.530. The normalized spacial score (nSPS) is 15.3. The average Bonchev–Trinajstić information content (AvgIpc) is 3.10. The molecule has 1 aliphatic heterocycles. The van der Waals surface area contributed by atoms with E-state index in [9.17, 15) is 4.79 Å². The molecule has 29 heavy (non-hydrogen) atoms. The van der Waals surface area contributed by atoms with Crippen molar-refractivity contribution in [3.63, 3.8) is 0 Å². The molecule has 0 atom stereocenters. The van der Waals surface area contributed by atoms with E-state index < -0.39 is 0 Å². The number of methoxy groups -OCH3 is 1. The lowest BCUT2D eigenvalue weighted by Gasteiger charge is -2.35. The Labute approximate surface area is 167 Å². The molecule has 3 heterocycles. The number of aromatic nitrogens is 4. The van der Waals surface area contributed by atoms with Gasteiger partial charge in [0.15, 0.2) is 5.65 Å². The van der Waals surface area contributed by atoms with Gasteiger partial charge in [-0.1, -0.05) is 12.1 Å². The number of hydrogen-bond acceptors (Lipinski definition) is 6. The fourth-order valence-corrected chi connectivity index (χ4v) is 3.83. The molecule has 0 amide bonds. The first-order chi connectivity index (χ1) is 14.2. The summed E-state index contributed by atoms with van der Waals surface area (Å²) in [5.74, 6) is 0.862. The third-order valence-corrected chi connectivity index (χ3v) is 5.47. The van der Waals surface area contributed by atoms with E-state index in [1.807, 2.05) is 36.4 Å². The van der Waals surface area contributed by atoms with Crippen molar-refractivity contribution in [1.29, 1.82) is 0 Å². The summed E-state index contributed by atoms with van der Waals surface area (Å²) in [5, 5.41) is 5.47. The number of hydrogen-bond donors (Lipinski definition) is 0. The molecule has 1 fully saturated rings. The van der Waals surface area contributed by atoms with Crippen molar-refractivity contribution in [3.05, 3.63) is 65.3 Å². The van der Waals surface area contributed by atoms with Gasteiger partial charge in [-0.05, 0) is 36.4 Å². The summed E-state index contributed by atoms with van der Waals surface area (Å²) in [6.07, 6.45) is 1.56. The van der Waals surface area contributed by atoms with Gasteiger partial charge < -0.3 is 9.64 Å². The van der Waals surface area contributed by atoms with Crippen LogP contribution in [-0.4, -0.2) is 57.4 Å². The van der Waals surface area contributed by atoms with Crippen molar-refractivity contribution in [3.8, 4) is 5.75 Å². The maximum absolute atomic E-state index is 12.8. The molecular formula is C21H22N6O2. The minimum absolute atomic E-state index is 0.157. The summed E-state index contributed by atoms with van der Waals surface area (Å²) < 4.78 is 8.29. The second kappa shape index (κ2) is 7.21. The molecule has 1 aliphatic rings. The number of ether oxygens (including phenoxy) is 1. The number of nitrogens with zero attached hydrogens (tertiary/aromatic N) is 6. The van der Waals surface area contributed by atoms with Crippen LogP contribution in [0, 0.1) is 0 Å². The van der Waals surface area contributed by atoms with E-state index in [1.165, 1.54) is 14.8 Å². The maximum atomic E-state index is 12.8. The van der Waals surface area contributed by atoms with Crippen LogP contribution in [0.3, 0.4) is 0 Å². The summed E-state index contributed by atoms with van der Waals surface area (Å²) in [4.78, 5) is 21.7. The number of para-hydroxylation sites is 1. The lowest BCUT2D eigenvalue weighted by Crippen LogP contribution is -2.47. The van der Waals surface area contributed by atoms with Crippen molar-refractivity contribution in [2.75, 3.05) is 38.2 Å². The van der Waals surface area contributed by atoms with Gasteiger partial charge in [0.2, 0.25) is 0 Å². The molecule has 0 aliphatic carbocycles. The Morgan fingerprint density at radius 2 is 1.76 bits per heavy atom. The minimum atomic E-state index is -0.157. The van der Waals surface area contributed by atoms with Gasteiger partial charge >= 0.3 is 5.69 Å². The highest BCUT2D eigenvalue weighted by atomic mass is 16.5. The second-order valence-corrected chi connectivity index (χ2v) is 7.18. The van der Waals surface area contributed by atoms with Crippen LogP contribution in [0.4, 0.5) is 5.69 Å². The Bertz CT molecular complexity index is 1210. The van der Waals surface area contributed by atoms with E-state index in [4.69, 9.17) is 4.74 Å². The zero-order chi connectivity index (χ0) is 19.8. The molecule has 0 spiro atoms. The Hall–Kier alpha value is -3.39. The van der Waals surface area contributed by atoms with Crippen LogP contribution < -0.4 is 15.3 Å². The Kier molecular flexibility index (Phi) is 4.40. The summed E-state index contributed by atoms with van der Waals surface area (Å²) in [7, 11) is 1.67. The predicted molar refractivity (Wildman–Crippen MR) is 112 cm³/mol. The molecule has 5 rings (SSSR count). The summed E-state index contributed by atoms with van der Waals surface area (Å²) in [6, 6.07) is 15.9. The van der Waals surface area contributed by atoms with Crippen LogP contribution in [0.1, 0.15) is 0 Å². The van der Waals surface area contributed by atoms with Crippen LogP contribution >= 0.6 is 0 Å². The molecule has 4 aromatic rings. The van der Waals surface area contributed by atoms with E-state index in [0.29, 0.717) is 12.3 Å². The van der Waals surface area contributed by atoms with Gasteiger partial charge in [0, 0.05) is 37.3 Å². The smallest absolute Gasteiger partial charge is 0.352 e. The van der Waals surface area contributed by atoms with Gasteiger partial charge in [-0.2, -0.15) is 4.68 Å². The van der Waals surface area contributed by atoms with Crippen LogP contribution in [0.25, 0.3) is 16.6 Å². The molecule has 2 aromatic carbocycles. The van der Waals surface area contributed by atoms with E-state index in [0.717, 1.165) is 42.8 Å². The number of rotatable bonds is 4. The van der Waals surface area contributed by atoms with E-state index >= 15 is 0 Å². The second-order valence-electron chi connectivity index (χ2n) is 7.18. The average molecular weight is 390 g/mol. The summed E-state index contributed by atoms with van der Waals surface area (Å²) in [6.45, 7) is 4.01. The van der Waals surface area contributed by atoms with Gasteiger partial charge in [0.05, 0.1) is 19.3 Å². The number of piperazine rings is 1. The van der Waals surface area contributed by atoms with Crippen molar-refractivity contribution in [1.82, 2.24) is 24.1 Å². The zero-order valence-corrected chi connectivity index (χ0v) is 16.2. The summed E-state index contributed by atoms with van der Waals surface area (Å²) >= 11 is 0. The van der Waals surface area contributed by atoms with Crippen LogP contribution in [0.15, 0.2) is 59.7 Å². The Morgan fingerprint density at radius 3 is 2.52 bits per heavy atom. The minimum Gasteiger partial charge on any atom is -0.497 e. The molecule has 8 heteroatoms. The van der Waals surface area contributed by atoms with Crippen molar-refractivity contribution >= 4 is 22.2 Å². The number of anilines is 1. The van der Waals surface area contributed by atoms with Crippen molar-refractivity contribution < 1.29 is 4.74 Å². The van der Waals surface area contributed by atoms with Gasteiger partial charge in [-0.25, -0.2) is 14.2 Å². The molecule has 0 N–H and O–H groups in total. The molecular weight excluding hydrogens is 368 g/mol. The fraction of sp³-hybridized carbons (Fsp3) is 0.286. The molecule has 1 saturated heterocycles. The first-order valence-corrected chi connectivity index (χ1v) is 9.67. The third kappa shape index (κ3) is 3.21. The fourth-order valence-electron chi connectivity index (χ4n) is 3.83. The van der Waals surface area contributed by atoms with Crippen LogP contribution in [-0.2, 0) is 6.67 Å². The topological polar surface area (TPSA) is 67.9 Å². The largest absolute Gasteiger partial charge is 0.497 e. The Balaban J connectivity index is 1.32. The van der Waals surface area contributed by atoms with E-state index in [2.05, 4.69) is 32.0 Å². The number of benzene rings is 2. The van der Waals surface area contributed by atoms with E-state index in [-0.39, 0.29) is 5.69 Å². The van der Waals surface area contributed by atoms with Crippen LogP contribution in [0.5, 0.6) is 5.75 Å². The molecule has 2 aromatic heterocycles. The first kappa shape index (κ1) is 17.7. The predicted octanol–water partition coefficient (Wildman–Crippen LogP) is 1.83. The molecule has 0 radical (unpaired) electrons. The van der Waals surface area contributed by atoms with Crippen molar-refractivity contribution in [2.45, 2.75) is 6.67 Å². The SMILES string of the molecule is COc1ccc(N2CCN(Cn3nc4c5ccccc5ncn4c3=O)CC2)cc1. The van der Waals surface area contributed by atoms with E-state index in [1.54, 1.807) is 13.4 Å². The molecule has 0 saturated carbocycles. The molecule has 0 bridgehead atoms. The summed E-state index contributed by atoms with van der Waals surface area (Å²) in [5.41, 5.74) is 2.52. The highest BCUT2D eigenvalue weighted by molar-refractivity contribution is 5.90. The lowest BCUT2D eigenvalue weighted by atomic mass is 10.2. The highest BCUT2D eigenvalue weighted by Gasteiger charge is 2.19. The zero-order valence-electron chi connectivity index (χ0n) is 16.2. The molecule has 8 nitrogen and oxygen atoms in total. The lowest BCUT2D eigenvalue weighted by molar-refractivity contribution is 0.193.